The first-order valence-electron chi connectivity index (χ1n) is 6.92. The number of anilines is 1. The lowest BCUT2D eigenvalue weighted by atomic mass is 10.1. The third kappa shape index (κ3) is 5.82. The van der Waals surface area contributed by atoms with Gasteiger partial charge in [-0.3, -0.25) is 4.79 Å². The number of hydrogen-bond donors (Lipinski definition) is 3. The maximum absolute atomic E-state index is 11.8. The van der Waals surface area contributed by atoms with E-state index in [4.69, 9.17) is 10.5 Å². The molecule has 22 heavy (non-hydrogen) atoms. The van der Waals surface area contributed by atoms with Gasteiger partial charge in [0.05, 0.1) is 5.56 Å². The Kier molecular flexibility index (Phi) is 6.37. The molecule has 0 spiro atoms. The van der Waals surface area contributed by atoms with E-state index in [0.717, 1.165) is 0 Å². The van der Waals surface area contributed by atoms with Gasteiger partial charge in [-0.2, -0.15) is 0 Å². The minimum atomic E-state index is -0.689. The molecule has 1 rings (SSSR count). The quantitative estimate of drug-likeness (QED) is 0.691. The van der Waals surface area contributed by atoms with Crippen LogP contribution in [0, 0.1) is 5.92 Å². The van der Waals surface area contributed by atoms with Gasteiger partial charge in [0.25, 0.3) is 5.91 Å². The van der Waals surface area contributed by atoms with Crippen molar-refractivity contribution in [2.24, 2.45) is 11.7 Å². The van der Waals surface area contributed by atoms with E-state index < -0.39 is 12.0 Å². The fourth-order valence-electron chi connectivity index (χ4n) is 1.51. The minimum Gasteiger partial charge on any atom is -0.452 e. The van der Waals surface area contributed by atoms with E-state index in [2.05, 4.69) is 10.6 Å². The standard InChI is InChI=1S/C15H21N3O4/c1-9(2)10(3)17-13(19)8-22-14(20)11-4-6-12(7-5-11)18-15(16)21/h4-7,9-10H,8H2,1-3H3,(H,17,19)(H3,16,18,21). The van der Waals surface area contributed by atoms with Gasteiger partial charge in [0, 0.05) is 11.7 Å². The highest BCUT2D eigenvalue weighted by molar-refractivity contribution is 5.93. The normalized spacial score (nSPS) is 11.6. The Bertz CT molecular complexity index is 540. The van der Waals surface area contributed by atoms with Crippen LogP contribution >= 0.6 is 0 Å². The molecule has 0 saturated heterocycles. The highest BCUT2D eigenvalue weighted by Crippen LogP contribution is 2.10. The second kappa shape index (κ2) is 8.02. The summed E-state index contributed by atoms with van der Waals surface area (Å²) < 4.78 is 4.93. The molecule has 1 atom stereocenters. The van der Waals surface area contributed by atoms with Crippen molar-refractivity contribution in [3.63, 3.8) is 0 Å². The van der Waals surface area contributed by atoms with Crippen LogP contribution in [0.4, 0.5) is 10.5 Å². The third-order valence-electron chi connectivity index (χ3n) is 3.11. The highest BCUT2D eigenvalue weighted by Gasteiger charge is 2.13. The number of nitrogens with one attached hydrogen (secondary N) is 2. The molecule has 120 valence electrons. The van der Waals surface area contributed by atoms with Gasteiger partial charge in [0.15, 0.2) is 6.61 Å². The van der Waals surface area contributed by atoms with Gasteiger partial charge in [0.1, 0.15) is 0 Å². The number of rotatable bonds is 6. The number of hydrogen-bond acceptors (Lipinski definition) is 4. The molecule has 0 heterocycles. The second-order valence-corrected chi connectivity index (χ2v) is 5.24. The van der Waals surface area contributed by atoms with Gasteiger partial charge in [-0.25, -0.2) is 9.59 Å². The number of esters is 1. The molecule has 0 radical (unpaired) electrons. The van der Waals surface area contributed by atoms with Crippen molar-refractivity contribution in [1.82, 2.24) is 5.32 Å². The molecular weight excluding hydrogens is 286 g/mol. The SMILES string of the molecule is CC(C)C(C)NC(=O)COC(=O)c1ccc(NC(N)=O)cc1. The Morgan fingerprint density at radius 3 is 2.23 bits per heavy atom. The first kappa shape index (κ1) is 17.5. The van der Waals surface area contributed by atoms with Crippen LogP contribution in [0.2, 0.25) is 0 Å². The number of primary amides is 1. The maximum atomic E-state index is 11.8. The van der Waals surface area contributed by atoms with E-state index in [-0.39, 0.29) is 24.1 Å². The molecule has 3 amide bonds. The molecule has 0 fully saturated rings. The predicted molar refractivity (Wildman–Crippen MR) is 82.4 cm³/mol. The van der Waals surface area contributed by atoms with E-state index in [1.807, 2.05) is 20.8 Å². The summed E-state index contributed by atoms with van der Waals surface area (Å²) in [5.74, 6) is -0.663. The van der Waals surface area contributed by atoms with Crippen LogP contribution in [0.25, 0.3) is 0 Å². The maximum Gasteiger partial charge on any atom is 0.338 e. The predicted octanol–water partition coefficient (Wildman–Crippen LogP) is 1.49. The smallest absolute Gasteiger partial charge is 0.338 e. The third-order valence-corrected chi connectivity index (χ3v) is 3.11. The molecule has 4 N–H and O–H groups in total. The Labute approximate surface area is 129 Å². The van der Waals surface area contributed by atoms with Crippen LogP contribution in [0.5, 0.6) is 0 Å². The van der Waals surface area contributed by atoms with Crippen molar-refractivity contribution in [3.8, 4) is 0 Å². The van der Waals surface area contributed by atoms with Crippen molar-refractivity contribution in [2.75, 3.05) is 11.9 Å². The molecule has 1 aromatic carbocycles. The molecule has 1 unspecified atom stereocenters. The summed E-state index contributed by atoms with van der Waals surface area (Å²) in [5.41, 5.74) is 5.72. The van der Waals surface area contributed by atoms with Crippen LogP contribution in [0.1, 0.15) is 31.1 Å². The van der Waals surface area contributed by atoms with Crippen molar-refractivity contribution in [3.05, 3.63) is 29.8 Å². The summed E-state index contributed by atoms with van der Waals surface area (Å²) in [4.78, 5) is 34.1. The molecule has 0 aliphatic heterocycles. The van der Waals surface area contributed by atoms with Crippen LogP contribution < -0.4 is 16.4 Å². The monoisotopic (exact) mass is 307 g/mol. The molecule has 0 aliphatic rings. The molecule has 0 aliphatic carbocycles. The summed E-state index contributed by atoms with van der Waals surface area (Å²) in [6.07, 6.45) is 0. The lowest BCUT2D eigenvalue weighted by molar-refractivity contribution is -0.125. The van der Waals surface area contributed by atoms with Crippen molar-refractivity contribution in [1.29, 1.82) is 0 Å². The zero-order chi connectivity index (χ0) is 16.7. The van der Waals surface area contributed by atoms with E-state index in [1.54, 1.807) is 0 Å². The van der Waals surface area contributed by atoms with Crippen LogP contribution in [-0.2, 0) is 9.53 Å². The average Bonchev–Trinajstić information content (AvgIpc) is 2.44. The fraction of sp³-hybridized carbons (Fsp3) is 0.400. The van der Waals surface area contributed by atoms with Gasteiger partial charge < -0.3 is 21.1 Å². The Balaban J connectivity index is 2.48. The number of urea groups is 1. The van der Waals surface area contributed by atoms with Gasteiger partial charge in [-0.1, -0.05) is 13.8 Å². The molecule has 0 saturated carbocycles. The van der Waals surface area contributed by atoms with Gasteiger partial charge in [-0.05, 0) is 37.1 Å². The largest absolute Gasteiger partial charge is 0.452 e. The van der Waals surface area contributed by atoms with E-state index >= 15 is 0 Å². The molecule has 1 aromatic rings. The number of nitrogens with two attached hydrogens (primary N) is 1. The highest BCUT2D eigenvalue weighted by atomic mass is 16.5. The number of benzene rings is 1. The molecule has 7 nitrogen and oxygen atoms in total. The van der Waals surface area contributed by atoms with Crippen LogP contribution in [-0.4, -0.2) is 30.6 Å². The molecule has 7 heteroatoms. The number of carbonyl (C=O) groups is 3. The fourth-order valence-corrected chi connectivity index (χ4v) is 1.51. The van der Waals surface area contributed by atoms with Crippen LogP contribution in [0.15, 0.2) is 24.3 Å². The average molecular weight is 307 g/mol. The van der Waals surface area contributed by atoms with E-state index in [1.165, 1.54) is 24.3 Å². The van der Waals surface area contributed by atoms with Gasteiger partial charge in [0.2, 0.25) is 0 Å². The summed E-state index contributed by atoms with van der Waals surface area (Å²) in [7, 11) is 0. The van der Waals surface area contributed by atoms with Crippen molar-refractivity contribution >= 4 is 23.6 Å². The summed E-state index contributed by atoms with van der Waals surface area (Å²) in [5, 5.41) is 5.12. The van der Waals surface area contributed by atoms with Gasteiger partial charge in [-0.15, -0.1) is 0 Å². The Hall–Kier alpha value is -2.57. The zero-order valence-corrected chi connectivity index (χ0v) is 12.9. The lowest BCUT2D eigenvalue weighted by Crippen LogP contribution is -2.38. The van der Waals surface area contributed by atoms with Gasteiger partial charge >= 0.3 is 12.0 Å². The van der Waals surface area contributed by atoms with Crippen molar-refractivity contribution < 1.29 is 19.1 Å². The number of ether oxygens (including phenoxy) is 1. The summed E-state index contributed by atoms with van der Waals surface area (Å²) in [6.45, 7) is 5.52. The molecular formula is C15H21N3O4. The van der Waals surface area contributed by atoms with Crippen molar-refractivity contribution in [2.45, 2.75) is 26.8 Å². The first-order chi connectivity index (χ1) is 10.3. The number of amides is 3. The second-order valence-electron chi connectivity index (χ2n) is 5.24. The summed E-state index contributed by atoms with van der Waals surface area (Å²) in [6, 6.07) is 5.30. The van der Waals surface area contributed by atoms with E-state index in [9.17, 15) is 14.4 Å². The first-order valence-corrected chi connectivity index (χ1v) is 6.92. The molecule has 0 bridgehead atoms. The Morgan fingerprint density at radius 2 is 1.73 bits per heavy atom. The summed E-state index contributed by atoms with van der Waals surface area (Å²) >= 11 is 0. The minimum absolute atomic E-state index is 0.00496. The van der Waals surface area contributed by atoms with E-state index in [0.29, 0.717) is 11.6 Å². The van der Waals surface area contributed by atoms with Crippen LogP contribution in [0.3, 0.4) is 0 Å². The lowest BCUT2D eigenvalue weighted by Gasteiger charge is -2.17. The zero-order valence-electron chi connectivity index (χ0n) is 12.9. The Morgan fingerprint density at radius 1 is 1.14 bits per heavy atom. The topological polar surface area (TPSA) is 111 Å². The number of carbonyl (C=O) groups excluding carboxylic acids is 3. The molecule has 0 aromatic heterocycles.